The van der Waals surface area contributed by atoms with Crippen LogP contribution in [0.5, 0.6) is 0 Å². The number of amides is 3. The zero-order valence-electron chi connectivity index (χ0n) is 15.8. The van der Waals surface area contributed by atoms with E-state index in [0.29, 0.717) is 12.2 Å². The Morgan fingerprint density at radius 2 is 1.50 bits per heavy atom. The average molecular weight is 442 g/mol. The van der Waals surface area contributed by atoms with Crippen LogP contribution in [0.15, 0.2) is 53.0 Å². The molecule has 2 heterocycles. The number of carbonyl (C=O) groups excluding carboxylic acids is 2. The number of likely N-dealkylation sites (tertiary alicyclic amines) is 1. The van der Waals surface area contributed by atoms with Crippen LogP contribution in [0.2, 0.25) is 0 Å². The van der Waals surface area contributed by atoms with Crippen molar-refractivity contribution in [3.05, 3.63) is 64.1 Å². The lowest BCUT2D eigenvalue weighted by Gasteiger charge is -2.17. The number of imide groups is 1. The molecule has 2 aliphatic rings. The van der Waals surface area contributed by atoms with Crippen LogP contribution >= 0.6 is 15.9 Å². The molecule has 3 amide bonds. The molecule has 0 atom stereocenters. The van der Waals surface area contributed by atoms with Crippen molar-refractivity contribution in [1.29, 1.82) is 0 Å². The molecule has 6 heteroatoms. The molecule has 0 N–H and O–H groups in total. The van der Waals surface area contributed by atoms with E-state index in [1.165, 1.54) is 42.0 Å². The molecule has 2 aliphatic heterocycles. The fourth-order valence-electron chi connectivity index (χ4n) is 3.84. The van der Waals surface area contributed by atoms with Gasteiger partial charge in [0.05, 0.1) is 5.69 Å². The number of hydrogen-bond donors (Lipinski definition) is 0. The first-order valence-corrected chi connectivity index (χ1v) is 10.6. The molecule has 0 spiro atoms. The van der Waals surface area contributed by atoms with E-state index in [2.05, 4.69) is 45.1 Å². The maximum Gasteiger partial charge on any atom is 0.331 e. The predicted molar refractivity (Wildman–Crippen MR) is 113 cm³/mol. The van der Waals surface area contributed by atoms with Crippen LogP contribution in [0.25, 0.3) is 0 Å². The summed E-state index contributed by atoms with van der Waals surface area (Å²) in [6, 6.07) is 15.6. The van der Waals surface area contributed by atoms with E-state index < -0.39 is 0 Å². The second-order valence-corrected chi connectivity index (χ2v) is 8.38. The number of urea groups is 1. The summed E-state index contributed by atoms with van der Waals surface area (Å²) in [6.45, 7) is 4.09. The molecular formula is C22H24BrN3O2. The second-order valence-electron chi connectivity index (χ2n) is 7.46. The molecule has 0 bridgehead atoms. The van der Waals surface area contributed by atoms with Crippen molar-refractivity contribution in [2.45, 2.75) is 25.8 Å². The zero-order chi connectivity index (χ0) is 19.5. The molecule has 2 fully saturated rings. The van der Waals surface area contributed by atoms with E-state index in [0.717, 1.165) is 17.4 Å². The molecule has 2 aromatic carbocycles. The summed E-state index contributed by atoms with van der Waals surface area (Å²) >= 11 is 3.37. The molecule has 0 aromatic heterocycles. The molecule has 0 radical (unpaired) electrons. The summed E-state index contributed by atoms with van der Waals surface area (Å²) in [6.07, 6.45) is 3.35. The first-order chi connectivity index (χ1) is 13.6. The maximum absolute atomic E-state index is 12.7. The Labute approximate surface area is 174 Å². The lowest BCUT2D eigenvalue weighted by Crippen LogP contribution is -2.34. The number of rotatable bonds is 6. The van der Waals surface area contributed by atoms with Gasteiger partial charge >= 0.3 is 6.03 Å². The van der Waals surface area contributed by atoms with Gasteiger partial charge in [0.1, 0.15) is 6.54 Å². The highest BCUT2D eigenvalue weighted by molar-refractivity contribution is 9.10. The van der Waals surface area contributed by atoms with Gasteiger partial charge in [-0.25, -0.2) is 9.69 Å². The van der Waals surface area contributed by atoms with Crippen LogP contribution in [-0.4, -0.2) is 47.9 Å². The highest BCUT2D eigenvalue weighted by Crippen LogP contribution is 2.23. The molecule has 5 nitrogen and oxygen atoms in total. The summed E-state index contributed by atoms with van der Waals surface area (Å²) in [5.74, 6) is -0.173. The van der Waals surface area contributed by atoms with E-state index >= 15 is 0 Å². The second kappa shape index (κ2) is 8.45. The first-order valence-electron chi connectivity index (χ1n) is 9.78. The molecule has 28 heavy (non-hydrogen) atoms. The summed E-state index contributed by atoms with van der Waals surface area (Å²) in [7, 11) is 0. The van der Waals surface area contributed by atoms with Gasteiger partial charge in [-0.2, -0.15) is 0 Å². The third kappa shape index (κ3) is 4.28. The maximum atomic E-state index is 12.7. The highest BCUT2D eigenvalue weighted by atomic mass is 79.9. The Hall–Kier alpha value is -2.18. The van der Waals surface area contributed by atoms with Crippen LogP contribution in [0.1, 0.15) is 24.0 Å². The minimum Gasteiger partial charge on any atom is -0.314 e. The number of benzene rings is 2. The van der Waals surface area contributed by atoms with Crippen molar-refractivity contribution < 1.29 is 9.59 Å². The Balaban J connectivity index is 1.34. The van der Waals surface area contributed by atoms with Gasteiger partial charge in [-0.3, -0.25) is 9.69 Å². The SMILES string of the molecule is O=C1CN(CCc2ccc(CN3CCCC3)cc2)C(=O)N1c1ccc(Br)cc1. The van der Waals surface area contributed by atoms with Gasteiger partial charge in [-0.15, -0.1) is 0 Å². The predicted octanol–water partition coefficient (Wildman–Crippen LogP) is 4.06. The van der Waals surface area contributed by atoms with E-state index in [4.69, 9.17) is 0 Å². The number of hydrogen-bond acceptors (Lipinski definition) is 3. The number of nitrogens with zero attached hydrogens (tertiary/aromatic N) is 3. The Morgan fingerprint density at radius 3 is 2.18 bits per heavy atom. The number of halogens is 1. The van der Waals surface area contributed by atoms with Crippen LogP contribution < -0.4 is 4.90 Å². The monoisotopic (exact) mass is 441 g/mol. The van der Waals surface area contributed by atoms with E-state index in [9.17, 15) is 9.59 Å². The van der Waals surface area contributed by atoms with Crippen LogP contribution in [-0.2, 0) is 17.8 Å². The van der Waals surface area contributed by atoms with Crippen molar-refractivity contribution in [2.24, 2.45) is 0 Å². The fraction of sp³-hybridized carbons (Fsp3) is 0.364. The third-order valence-corrected chi connectivity index (χ3v) is 5.95. The zero-order valence-corrected chi connectivity index (χ0v) is 17.4. The van der Waals surface area contributed by atoms with Crippen LogP contribution in [0, 0.1) is 0 Å². The number of carbonyl (C=O) groups is 2. The summed E-state index contributed by atoms with van der Waals surface area (Å²) in [5.41, 5.74) is 3.14. The molecule has 4 rings (SSSR count). The molecular weight excluding hydrogens is 418 g/mol. The largest absolute Gasteiger partial charge is 0.331 e. The topological polar surface area (TPSA) is 43.9 Å². The number of anilines is 1. The van der Waals surface area contributed by atoms with Crippen LogP contribution in [0.3, 0.4) is 0 Å². The Bertz CT molecular complexity index is 845. The van der Waals surface area contributed by atoms with Crippen molar-refractivity contribution >= 4 is 33.6 Å². The third-order valence-electron chi connectivity index (χ3n) is 5.42. The lowest BCUT2D eigenvalue weighted by molar-refractivity contribution is -0.116. The van der Waals surface area contributed by atoms with E-state index in [1.807, 2.05) is 12.1 Å². The van der Waals surface area contributed by atoms with Crippen molar-refractivity contribution in [2.75, 3.05) is 31.1 Å². The fourth-order valence-corrected chi connectivity index (χ4v) is 4.11. The summed E-state index contributed by atoms with van der Waals surface area (Å²) in [5, 5.41) is 0. The van der Waals surface area contributed by atoms with E-state index in [-0.39, 0.29) is 18.5 Å². The molecule has 2 saturated heterocycles. The molecule has 2 aromatic rings. The molecule has 0 aliphatic carbocycles. The Morgan fingerprint density at radius 1 is 0.857 bits per heavy atom. The molecule has 146 valence electrons. The summed E-state index contributed by atoms with van der Waals surface area (Å²) < 4.78 is 0.917. The van der Waals surface area contributed by atoms with Crippen molar-refractivity contribution in [3.63, 3.8) is 0 Å². The first kappa shape index (κ1) is 19.2. The normalized spacial score (nSPS) is 17.8. The van der Waals surface area contributed by atoms with Crippen molar-refractivity contribution in [3.8, 4) is 0 Å². The Kier molecular flexibility index (Phi) is 5.78. The minimum absolute atomic E-state index is 0.141. The highest BCUT2D eigenvalue weighted by Gasteiger charge is 2.36. The van der Waals surface area contributed by atoms with Gasteiger partial charge in [0.2, 0.25) is 0 Å². The molecule has 0 unspecified atom stereocenters. The minimum atomic E-state index is -0.238. The molecule has 0 saturated carbocycles. The van der Waals surface area contributed by atoms with Gasteiger partial charge in [0.25, 0.3) is 5.91 Å². The average Bonchev–Trinajstić information content (AvgIpc) is 3.30. The smallest absolute Gasteiger partial charge is 0.314 e. The van der Waals surface area contributed by atoms with Crippen LogP contribution in [0.4, 0.5) is 10.5 Å². The van der Waals surface area contributed by atoms with E-state index in [1.54, 1.807) is 17.0 Å². The summed E-state index contributed by atoms with van der Waals surface area (Å²) in [4.78, 5) is 30.4. The van der Waals surface area contributed by atoms with Gasteiger partial charge in [-0.1, -0.05) is 40.2 Å². The van der Waals surface area contributed by atoms with Gasteiger partial charge in [-0.05, 0) is 67.7 Å². The van der Waals surface area contributed by atoms with Gasteiger partial charge < -0.3 is 4.90 Å². The van der Waals surface area contributed by atoms with Gasteiger partial charge in [0, 0.05) is 17.6 Å². The quantitative estimate of drug-likeness (QED) is 0.634. The lowest BCUT2D eigenvalue weighted by atomic mass is 10.1. The standard InChI is InChI=1S/C22H24BrN3O2/c23-19-7-9-20(10-8-19)26-21(27)16-25(22(26)28)14-11-17-3-5-18(6-4-17)15-24-12-1-2-13-24/h3-10H,1-2,11-16H2. The van der Waals surface area contributed by atoms with Crippen molar-refractivity contribution in [1.82, 2.24) is 9.80 Å². The van der Waals surface area contributed by atoms with Gasteiger partial charge in [0.15, 0.2) is 0 Å².